The highest BCUT2D eigenvalue weighted by Gasteiger charge is 2.03. The van der Waals surface area contributed by atoms with Gasteiger partial charge in [0.2, 0.25) is 0 Å². The van der Waals surface area contributed by atoms with E-state index < -0.39 is 0 Å². The van der Waals surface area contributed by atoms with Crippen LogP contribution < -0.4 is 4.74 Å². The lowest BCUT2D eigenvalue weighted by molar-refractivity contribution is 0.0526. The van der Waals surface area contributed by atoms with E-state index in [2.05, 4.69) is 12.1 Å². The summed E-state index contributed by atoms with van der Waals surface area (Å²) in [6.45, 7) is 2.98. The van der Waals surface area contributed by atoms with E-state index in [4.69, 9.17) is 9.47 Å². The van der Waals surface area contributed by atoms with Crippen LogP contribution in [0, 0.1) is 0 Å². The predicted octanol–water partition coefficient (Wildman–Crippen LogP) is 3.44. The Morgan fingerprint density at radius 1 is 1.16 bits per heavy atom. The Hall–Kier alpha value is -2.29. The molecule has 0 saturated heterocycles. The van der Waals surface area contributed by atoms with Gasteiger partial charge in [-0.25, -0.2) is 4.79 Å². The summed E-state index contributed by atoms with van der Waals surface area (Å²) >= 11 is 0. The van der Waals surface area contributed by atoms with Gasteiger partial charge in [0, 0.05) is 0 Å². The van der Waals surface area contributed by atoms with Crippen molar-refractivity contribution in [3.05, 3.63) is 65.7 Å². The molecular formula is C16H16O3. The van der Waals surface area contributed by atoms with E-state index in [1.54, 1.807) is 19.1 Å². The van der Waals surface area contributed by atoms with Crippen LogP contribution in [0.15, 0.2) is 54.6 Å². The normalized spacial score (nSPS) is 11.0. The first kappa shape index (κ1) is 13.1. The van der Waals surface area contributed by atoms with Gasteiger partial charge in [0.25, 0.3) is 0 Å². The summed E-state index contributed by atoms with van der Waals surface area (Å²) < 4.78 is 9.97. The third-order valence-electron chi connectivity index (χ3n) is 2.59. The first-order valence-electron chi connectivity index (χ1n) is 6.23. The first-order chi connectivity index (χ1) is 9.29. The third kappa shape index (κ3) is 3.85. The number of benzene rings is 2. The topological polar surface area (TPSA) is 35.5 Å². The molecule has 2 aromatic rings. The van der Waals surface area contributed by atoms with Gasteiger partial charge >= 0.3 is 5.97 Å². The van der Waals surface area contributed by atoms with E-state index >= 15 is 0 Å². The highest BCUT2D eigenvalue weighted by atomic mass is 16.5. The predicted molar refractivity (Wildman–Crippen MR) is 73.2 cm³/mol. The largest absolute Gasteiger partial charge is 0.489 e. The van der Waals surface area contributed by atoms with Crippen LogP contribution in [-0.4, -0.2) is 12.6 Å². The van der Waals surface area contributed by atoms with Crippen molar-refractivity contribution in [3.8, 4) is 5.75 Å². The van der Waals surface area contributed by atoms with Gasteiger partial charge in [-0.2, -0.15) is 0 Å². The summed E-state index contributed by atoms with van der Waals surface area (Å²) in [5.41, 5.74) is 1.89. The average Bonchev–Trinajstić information content (AvgIpc) is 2.79. The Kier molecular flexibility index (Phi) is 4.56. The summed E-state index contributed by atoms with van der Waals surface area (Å²) in [6, 6.07) is 17.1. The molecule has 0 saturated carbocycles. The van der Waals surface area contributed by atoms with Crippen LogP contribution in [0.1, 0.15) is 22.8 Å². The molecule has 1 aliphatic rings. The molecule has 0 atom stereocenters. The lowest BCUT2D eigenvalue weighted by Crippen LogP contribution is -2.03. The van der Waals surface area contributed by atoms with Gasteiger partial charge in [-0.15, -0.1) is 0 Å². The van der Waals surface area contributed by atoms with Crippen LogP contribution in [0.25, 0.3) is 0 Å². The van der Waals surface area contributed by atoms with Crippen LogP contribution >= 0.6 is 0 Å². The van der Waals surface area contributed by atoms with E-state index in [1.807, 2.05) is 30.3 Å². The van der Waals surface area contributed by atoms with Gasteiger partial charge in [0.1, 0.15) is 12.4 Å². The van der Waals surface area contributed by atoms with Crippen molar-refractivity contribution in [2.75, 3.05) is 6.61 Å². The van der Waals surface area contributed by atoms with Crippen LogP contribution in [0.3, 0.4) is 0 Å². The fraction of sp³-hybridized carbons (Fsp3) is 0.188. The maximum Gasteiger partial charge on any atom is 0.338 e. The average molecular weight is 256 g/mol. The summed E-state index contributed by atoms with van der Waals surface area (Å²) in [6.07, 6.45) is 0. The number of esters is 1. The molecule has 0 radical (unpaired) electrons. The highest BCUT2D eigenvalue weighted by Crippen LogP contribution is 2.20. The Morgan fingerprint density at radius 3 is 2.58 bits per heavy atom. The molecule has 2 aromatic carbocycles. The third-order valence-corrected chi connectivity index (χ3v) is 2.59. The molecule has 2 bridgehead atoms. The zero-order chi connectivity index (χ0) is 13.5. The number of ether oxygens (including phenoxy) is 2. The smallest absolute Gasteiger partial charge is 0.338 e. The second kappa shape index (κ2) is 6.59. The lowest BCUT2D eigenvalue weighted by Gasteiger charge is -1.99. The van der Waals surface area contributed by atoms with Crippen LogP contribution in [0.4, 0.5) is 0 Å². The minimum Gasteiger partial charge on any atom is -0.489 e. The van der Waals surface area contributed by atoms with Gasteiger partial charge in [0.15, 0.2) is 0 Å². The molecule has 3 rings (SSSR count). The van der Waals surface area contributed by atoms with Gasteiger partial charge in [-0.1, -0.05) is 30.3 Å². The van der Waals surface area contributed by atoms with Crippen molar-refractivity contribution in [2.24, 2.45) is 0 Å². The lowest BCUT2D eigenvalue weighted by atomic mass is 10.2. The molecule has 3 nitrogen and oxygen atoms in total. The summed E-state index contributed by atoms with van der Waals surface area (Å²) in [5.74, 6) is 0.746. The molecule has 0 aliphatic carbocycles. The first-order valence-corrected chi connectivity index (χ1v) is 6.23. The van der Waals surface area contributed by atoms with Crippen LogP contribution in [0.5, 0.6) is 5.75 Å². The van der Waals surface area contributed by atoms with Crippen molar-refractivity contribution >= 4 is 5.97 Å². The Balaban J connectivity index is 0.000000146. The number of hydrogen-bond donors (Lipinski definition) is 0. The SMILES string of the molecule is CCOC(=O)c1ccccc1.c1cc2cc(c1)OC2. The van der Waals surface area contributed by atoms with Crippen molar-refractivity contribution < 1.29 is 14.3 Å². The molecule has 19 heavy (non-hydrogen) atoms. The van der Waals surface area contributed by atoms with Crippen LogP contribution in [-0.2, 0) is 11.3 Å². The van der Waals surface area contributed by atoms with E-state index in [0.717, 1.165) is 12.4 Å². The van der Waals surface area contributed by atoms with Gasteiger partial charge < -0.3 is 9.47 Å². The standard InChI is InChI=1S/C9H10O2.C7H6O/c1-2-11-9(10)8-6-4-3-5-7-8;1-2-6-4-7(3-1)8-5-6/h3-7H,2H2,1H3;1-4H,5H2. The quantitative estimate of drug-likeness (QED) is 0.772. The molecule has 0 unspecified atom stereocenters. The van der Waals surface area contributed by atoms with E-state index in [1.165, 1.54) is 5.56 Å². The number of rotatable bonds is 2. The number of carbonyl (C=O) groups is 1. The number of fused-ring (bicyclic) bond motifs is 2. The molecule has 1 aliphatic heterocycles. The van der Waals surface area contributed by atoms with Gasteiger partial charge in [0.05, 0.1) is 12.2 Å². The second-order valence-electron chi connectivity index (χ2n) is 4.02. The van der Waals surface area contributed by atoms with E-state index in [9.17, 15) is 4.79 Å². The molecule has 98 valence electrons. The Labute approximate surface area is 112 Å². The number of carbonyl (C=O) groups excluding carboxylic acids is 1. The summed E-state index contributed by atoms with van der Waals surface area (Å²) in [7, 11) is 0. The van der Waals surface area contributed by atoms with E-state index in [-0.39, 0.29) is 5.97 Å². The molecule has 1 heterocycles. The second-order valence-corrected chi connectivity index (χ2v) is 4.02. The van der Waals surface area contributed by atoms with Gasteiger partial charge in [-0.05, 0) is 36.8 Å². The summed E-state index contributed by atoms with van der Waals surface area (Å²) in [4.78, 5) is 11.0. The van der Waals surface area contributed by atoms with Crippen molar-refractivity contribution in [2.45, 2.75) is 13.5 Å². The molecule has 3 heteroatoms. The van der Waals surface area contributed by atoms with Crippen LogP contribution in [0.2, 0.25) is 0 Å². The molecule has 0 amide bonds. The fourth-order valence-corrected chi connectivity index (χ4v) is 1.68. The molecule has 0 N–H and O–H groups in total. The van der Waals surface area contributed by atoms with Crippen molar-refractivity contribution in [1.29, 1.82) is 0 Å². The van der Waals surface area contributed by atoms with Gasteiger partial charge in [-0.3, -0.25) is 0 Å². The molecular weight excluding hydrogens is 240 g/mol. The van der Waals surface area contributed by atoms with Crippen molar-refractivity contribution in [1.82, 2.24) is 0 Å². The Bertz CT molecular complexity index is 515. The monoisotopic (exact) mass is 256 g/mol. The van der Waals surface area contributed by atoms with E-state index in [0.29, 0.717) is 12.2 Å². The fourth-order valence-electron chi connectivity index (χ4n) is 1.68. The Morgan fingerprint density at radius 2 is 1.95 bits per heavy atom. The zero-order valence-corrected chi connectivity index (χ0v) is 10.8. The molecule has 0 aromatic heterocycles. The highest BCUT2D eigenvalue weighted by molar-refractivity contribution is 5.89. The maximum atomic E-state index is 11.0. The summed E-state index contributed by atoms with van der Waals surface area (Å²) in [5, 5.41) is 0. The van der Waals surface area contributed by atoms with Crippen molar-refractivity contribution in [3.63, 3.8) is 0 Å². The minimum atomic E-state index is -0.256. The molecule has 0 fully saturated rings. The maximum absolute atomic E-state index is 11.0. The zero-order valence-electron chi connectivity index (χ0n) is 10.8. The molecule has 0 spiro atoms. The number of hydrogen-bond acceptors (Lipinski definition) is 3. The minimum absolute atomic E-state index is 0.256.